The molecule has 1 saturated heterocycles. The molecule has 1 aliphatic rings. The van der Waals surface area contributed by atoms with Crippen LogP contribution in [0.25, 0.3) is 11.5 Å². The van der Waals surface area contributed by atoms with Crippen LogP contribution >= 0.6 is 15.9 Å². The summed E-state index contributed by atoms with van der Waals surface area (Å²) in [6.07, 6.45) is 0. The topological polar surface area (TPSA) is 103 Å². The Kier molecular flexibility index (Phi) is 5.97. The van der Waals surface area contributed by atoms with Gasteiger partial charge in [-0.3, -0.25) is 4.90 Å². The van der Waals surface area contributed by atoms with Crippen LogP contribution in [0.3, 0.4) is 0 Å². The Morgan fingerprint density at radius 3 is 2.47 bits per heavy atom. The average molecular weight is 488 g/mol. The van der Waals surface area contributed by atoms with E-state index >= 15 is 0 Å². The third-order valence-corrected chi connectivity index (χ3v) is 7.26. The molecule has 0 unspecified atom stereocenters. The van der Waals surface area contributed by atoms with Crippen molar-refractivity contribution >= 4 is 26.0 Å². The summed E-state index contributed by atoms with van der Waals surface area (Å²) in [5.74, 6) is 0.946. The molecule has 4 rings (SSSR count). The molecule has 154 valence electrons. The number of sulfonamides is 1. The number of piperazine rings is 1. The van der Waals surface area contributed by atoms with E-state index < -0.39 is 10.0 Å². The molecule has 0 saturated carbocycles. The highest BCUT2D eigenvalue weighted by Crippen LogP contribution is 2.23. The Balaban J connectivity index is 1.37. The fourth-order valence-electron chi connectivity index (χ4n) is 3.23. The van der Waals surface area contributed by atoms with Gasteiger partial charge in [0, 0.05) is 36.2 Å². The largest absolute Gasteiger partial charge is 0.419 e. The summed E-state index contributed by atoms with van der Waals surface area (Å²) in [6, 6.07) is 15.6. The minimum absolute atomic E-state index is 0.200. The van der Waals surface area contributed by atoms with Crippen molar-refractivity contribution in [2.75, 3.05) is 26.2 Å². The third-order valence-electron chi connectivity index (χ3n) is 4.85. The van der Waals surface area contributed by atoms with E-state index in [1.54, 1.807) is 0 Å². The first-order valence-electron chi connectivity index (χ1n) is 9.27. The Bertz CT molecular complexity index is 1180. The van der Waals surface area contributed by atoms with Crippen molar-refractivity contribution in [2.45, 2.75) is 11.4 Å². The third kappa shape index (κ3) is 4.44. The summed E-state index contributed by atoms with van der Waals surface area (Å²) in [4.78, 5) is 2.29. The first kappa shape index (κ1) is 20.7. The van der Waals surface area contributed by atoms with Gasteiger partial charge in [0.1, 0.15) is 0 Å². The van der Waals surface area contributed by atoms with E-state index in [1.807, 2.05) is 30.3 Å². The van der Waals surface area contributed by atoms with Gasteiger partial charge in [0.15, 0.2) is 0 Å². The molecule has 3 aromatic rings. The normalized spacial score (nSPS) is 15.7. The van der Waals surface area contributed by atoms with Crippen molar-refractivity contribution < 1.29 is 12.8 Å². The smallest absolute Gasteiger partial charge is 0.247 e. The van der Waals surface area contributed by atoms with Crippen LogP contribution in [0.5, 0.6) is 0 Å². The minimum Gasteiger partial charge on any atom is -0.419 e. The number of benzene rings is 2. The molecule has 2 aromatic carbocycles. The maximum absolute atomic E-state index is 12.8. The Hall–Kier alpha value is -2.58. The van der Waals surface area contributed by atoms with E-state index in [0.717, 1.165) is 10.0 Å². The predicted molar refractivity (Wildman–Crippen MR) is 113 cm³/mol. The summed E-state index contributed by atoms with van der Waals surface area (Å²) >= 11 is 3.43. The number of hydrogen-bond donors (Lipinski definition) is 0. The SMILES string of the molecule is N#Cc1ccc(S(=O)(=O)N2CCN(Cc3nnc(-c4cccc(Br)c4)o3)CC2)cc1. The molecule has 0 N–H and O–H groups in total. The minimum atomic E-state index is -3.58. The maximum Gasteiger partial charge on any atom is 0.247 e. The quantitative estimate of drug-likeness (QED) is 0.544. The number of hydrogen-bond acceptors (Lipinski definition) is 7. The number of aromatic nitrogens is 2. The molecule has 0 bridgehead atoms. The molecule has 0 atom stereocenters. The highest BCUT2D eigenvalue weighted by Gasteiger charge is 2.29. The van der Waals surface area contributed by atoms with Gasteiger partial charge in [-0.05, 0) is 42.5 Å². The highest BCUT2D eigenvalue weighted by atomic mass is 79.9. The molecule has 0 radical (unpaired) electrons. The summed E-state index contributed by atoms with van der Waals surface area (Å²) in [5, 5.41) is 17.1. The fourth-order valence-corrected chi connectivity index (χ4v) is 5.05. The molecule has 0 spiro atoms. The van der Waals surface area contributed by atoms with Gasteiger partial charge < -0.3 is 4.42 Å². The number of nitriles is 1. The van der Waals surface area contributed by atoms with Gasteiger partial charge in [0.05, 0.1) is 23.1 Å². The van der Waals surface area contributed by atoms with E-state index in [1.165, 1.54) is 28.6 Å². The van der Waals surface area contributed by atoms with Gasteiger partial charge in [0.2, 0.25) is 21.8 Å². The van der Waals surface area contributed by atoms with Crippen LogP contribution in [-0.2, 0) is 16.6 Å². The van der Waals surface area contributed by atoms with Crippen LogP contribution in [0, 0.1) is 11.3 Å². The second kappa shape index (κ2) is 8.65. The van der Waals surface area contributed by atoms with Crippen LogP contribution in [0.1, 0.15) is 11.5 Å². The van der Waals surface area contributed by atoms with Crippen LogP contribution in [0.2, 0.25) is 0 Å². The highest BCUT2D eigenvalue weighted by molar-refractivity contribution is 9.10. The van der Waals surface area contributed by atoms with E-state index in [-0.39, 0.29) is 4.90 Å². The van der Waals surface area contributed by atoms with Gasteiger partial charge in [0.25, 0.3) is 0 Å². The molecule has 10 heteroatoms. The lowest BCUT2D eigenvalue weighted by Crippen LogP contribution is -2.48. The summed E-state index contributed by atoms with van der Waals surface area (Å²) in [6.45, 7) is 2.32. The number of nitrogens with zero attached hydrogens (tertiary/aromatic N) is 5. The Labute approximate surface area is 182 Å². The van der Waals surface area contributed by atoms with Crippen LogP contribution in [-0.4, -0.2) is 54.0 Å². The molecule has 1 fully saturated rings. The summed E-state index contributed by atoms with van der Waals surface area (Å²) in [5.41, 5.74) is 1.27. The molecule has 8 nitrogen and oxygen atoms in total. The molecule has 2 heterocycles. The molecule has 0 amide bonds. The van der Waals surface area contributed by atoms with Gasteiger partial charge in [-0.15, -0.1) is 10.2 Å². The van der Waals surface area contributed by atoms with Gasteiger partial charge in [-0.2, -0.15) is 9.57 Å². The molecule has 0 aliphatic carbocycles. The molecule has 30 heavy (non-hydrogen) atoms. The molecule has 1 aromatic heterocycles. The van der Waals surface area contributed by atoms with Crippen LogP contribution in [0.4, 0.5) is 0 Å². The Morgan fingerprint density at radius 1 is 1.07 bits per heavy atom. The zero-order valence-electron chi connectivity index (χ0n) is 15.9. The first-order valence-corrected chi connectivity index (χ1v) is 11.5. The lowest BCUT2D eigenvalue weighted by atomic mass is 10.2. The second-order valence-corrected chi connectivity index (χ2v) is 9.68. The standard InChI is InChI=1S/C20H18BrN5O3S/c21-17-3-1-2-16(12-17)20-24-23-19(29-20)14-25-8-10-26(11-9-25)30(27,28)18-6-4-15(13-22)5-7-18/h1-7,12H,8-11,14H2. The fraction of sp³-hybridized carbons (Fsp3) is 0.250. The van der Waals surface area contributed by atoms with E-state index in [9.17, 15) is 8.42 Å². The average Bonchev–Trinajstić information content (AvgIpc) is 3.23. The van der Waals surface area contributed by atoms with Crippen molar-refractivity contribution in [1.82, 2.24) is 19.4 Å². The van der Waals surface area contributed by atoms with Crippen LogP contribution in [0.15, 0.2) is 62.3 Å². The van der Waals surface area contributed by atoms with Gasteiger partial charge in [-0.25, -0.2) is 8.42 Å². The van der Waals surface area contributed by atoms with Crippen molar-refractivity contribution in [2.24, 2.45) is 0 Å². The number of rotatable bonds is 5. The van der Waals surface area contributed by atoms with Crippen molar-refractivity contribution in [3.8, 4) is 17.5 Å². The monoisotopic (exact) mass is 487 g/mol. The zero-order valence-corrected chi connectivity index (χ0v) is 18.3. The second-order valence-electron chi connectivity index (χ2n) is 6.83. The number of halogens is 1. The van der Waals surface area contributed by atoms with E-state index in [4.69, 9.17) is 9.68 Å². The summed E-state index contributed by atoms with van der Waals surface area (Å²) in [7, 11) is -3.58. The zero-order chi connectivity index (χ0) is 21.1. The maximum atomic E-state index is 12.8. The van der Waals surface area contributed by atoms with Crippen LogP contribution < -0.4 is 0 Å². The van der Waals surface area contributed by atoms with Crippen molar-refractivity contribution in [1.29, 1.82) is 5.26 Å². The Morgan fingerprint density at radius 2 is 1.80 bits per heavy atom. The lowest BCUT2D eigenvalue weighted by Gasteiger charge is -2.33. The molecular formula is C20H18BrN5O3S. The molecule has 1 aliphatic heterocycles. The van der Waals surface area contributed by atoms with E-state index in [2.05, 4.69) is 31.0 Å². The van der Waals surface area contributed by atoms with Gasteiger partial charge in [-0.1, -0.05) is 22.0 Å². The molecular weight excluding hydrogens is 470 g/mol. The van der Waals surface area contributed by atoms with E-state index in [0.29, 0.717) is 50.1 Å². The summed E-state index contributed by atoms with van der Waals surface area (Å²) < 4.78 is 33.8. The first-order chi connectivity index (χ1) is 14.5. The van der Waals surface area contributed by atoms with Crippen molar-refractivity contribution in [3.63, 3.8) is 0 Å². The van der Waals surface area contributed by atoms with Gasteiger partial charge >= 0.3 is 0 Å². The van der Waals surface area contributed by atoms with Crippen molar-refractivity contribution in [3.05, 3.63) is 64.5 Å². The predicted octanol–water partition coefficient (Wildman–Crippen LogP) is 2.88. The lowest BCUT2D eigenvalue weighted by molar-refractivity contribution is 0.168.